The smallest absolute Gasteiger partial charge is 0.374 e. The van der Waals surface area contributed by atoms with Gasteiger partial charge in [-0.25, -0.2) is 0 Å². The summed E-state index contributed by atoms with van der Waals surface area (Å²) in [6, 6.07) is 40.8. The van der Waals surface area contributed by atoms with Crippen LogP contribution in [0, 0.1) is 6.57 Å². The maximum atomic E-state index is 7.82. The maximum Gasteiger partial charge on any atom is 0.374 e. The Hall–Kier alpha value is -5.99. The normalized spacial score (nSPS) is 12.3. The van der Waals surface area contributed by atoms with Gasteiger partial charge >= 0.3 is 5.95 Å². The van der Waals surface area contributed by atoms with E-state index in [0.717, 1.165) is 38.5 Å². The highest BCUT2D eigenvalue weighted by molar-refractivity contribution is 6.34. The molecule has 4 heterocycles. The van der Waals surface area contributed by atoms with E-state index in [9.17, 15) is 0 Å². The average molecular weight is 534 g/mol. The number of rotatable bonds is 1. The number of aromatic nitrogens is 4. The number of fused-ring (bicyclic) bond motifs is 12. The zero-order valence-electron chi connectivity index (χ0n) is 22.2. The van der Waals surface area contributed by atoms with E-state index < -0.39 is 0 Å². The first-order valence-electron chi connectivity index (χ1n) is 14.0. The topological polar surface area (TPSA) is 39.5 Å². The molecule has 0 spiro atoms. The van der Waals surface area contributed by atoms with Crippen molar-refractivity contribution in [3.8, 4) is 5.82 Å². The van der Waals surface area contributed by atoms with Crippen LogP contribution in [-0.4, -0.2) is 18.9 Å². The third-order valence-electron chi connectivity index (χ3n) is 8.85. The molecule has 192 valence electrons. The number of para-hydroxylation sites is 3. The lowest BCUT2D eigenvalue weighted by Crippen LogP contribution is -2.00. The zero-order valence-corrected chi connectivity index (χ0v) is 22.2. The van der Waals surface area contributed by atoms with Crippen molar-refractivity contribution in [2.45, 2.75) is 0 Å². The largest absolute Gasteiger partial charge is 0.394 e. The van der Waals surface area contributed by atoms with Crippen LogP contribution in [0.3, 0.4) is 0 Å². The molecule has 0 aliphatic carbocycles. The maximum absolute atomic E-state index is 7.82. The van der Waals surface area contributed by atoms with Crippen molar-refractivity contribution in [2.24, 2.45) is 0 Å². The molecule has 0 radical (unpaired) electrons. The van der Waals surface area contributed by atoms with E-state index in [1.807, 2.05) is 18.2 Å². The highest BCUT2D eigenvalue weighted by Crippen LogP contribution is 2.47. The Bertz CT molecular complexity index is 2810. The van der Waals surface area contributed by atoms with Gasteiger partial charge in [-0.05, 0) is 53.2 Å². The van der Waals surface area contributed by atoms with Gasteiger partial charge in [0.1, 0.15) is 5.52 Å². The lowest BCUT2D eigenvalue weighted by atomic mass is 10.0. The molecule has 10 rings (SSSR count). The molecule has 0 bridgehead atoms. The molecule has 5 heteroatoms. The van der Waals surface area contributed by atoms with E-state index in [4.69, 9.17) is 11.6 Å². The second kappa shape index (κ2) is 7.60. The van der Waals surface area contributed by atoms with E-state index in [-0.39, 0.29) is 5.95 Å². The first kappa shape index (κ1) is 21.8. The Labute approximate surface area is 238 Å². The summed E-state index contributed by atoms with van der Waals surface area (Å²) >= 11 is 0. The first-order valence-corrected chi connectivity index (χ1v) is 14.0. The van der Waals surface area contributed by atoms with E-state index in [1.54, 1.807) is 0 Å². The van der Waals surface area contributed by atoms with Crippen LogP contribution in [0.2, 0.25) is 0 Å². The molecule has 5 nitrogen and oxygen atoms in total. The fourth-order valence-electron chi connectivity index (χ4n) is 7.18. The average Bonchev–Trinajstić information content (AvgIpc) is 3.67. The van der Waals surface area contributed by atoms with Crippen LogP contribution >= 0.6 is 0 Å². The van der Waals surface area contributed by atoms with Gasteiger partial charge in [0, 0.05) is 32.3 Å². The third-order valence-corrected chi connectivity index (χ3v) is 8.85. The lowest BCUT2D eigenvalue weighted by Gasteiger charge is -2.09. The highest BCUT2D eigenvalue weighted by Gasteiger charge is 2.26. The molecule has 0 atom stereocenters. The van der Waals surface area contributed by atoms with Gasteiger partial charge in [-0.3, -0.25) is 4.57 Å². The van der Waals surface area contributed by atoms with Gasteiger partial charge in [0.05, 0.1) is 33.0 Å². The Morgan fingerprint density at radius 3 is 1.98 bits per heavy atom. The van der Waals surface area contributed by atoms with Crippen LogP contribution in [0.4, 0.5) is 5.95 Å². The Balaban J connectivity index is 1.57. The van der Waals surface area contributed by atoms with Gasteiger partial charge in [0.25, 0.3) is 0 Å². The van der Waals surface area contributed by atoms with Gasteiger partial charge in [0.2, 0.25) is 5.82 Å². The van der Waals surface area contributed by atoms with Crippen molar-refractivity contribution in [3.05, 3.63) is 127 Å². The Kier molecular flexibility index (Phi) is 3.94. The number of hydrogen-bond acceptors (Lipinski definition) is 2. The number of benzene rings is 6. The van der Waals surface area contributed by atoms with Gasteiger partial charge in [-0.15, -0.1) is 16.5 Å². The number of hydrogen-bond donors (Lipinski definition) is 0. The fraction of sp³-hybridized carbons (Fsp3) is 0. The van der Waals surface area contributed by atoms with Crippen molar-refractivity contribution >= 4 is 87.5 Å². The van der Waals surface area contributed by atoms with Crippen molar-refractivity contribution in [1.82, 2.24) is 18.9 Å². The van der Waals surface area contributed by atoms with Gasteiger partial charge in [0.15, 0.2) is 0 Å². The molecule has 42 heavy (non-hydrogen) atoms. The lowest BCUT2D eigenvalue weighted by molar-refractivity contribution is 1.09. The summed E-state index contributed by atoms with van der Waals surface area (Å²) in [5, 5.41) is 10.5. The summed E-state index contributed by atoms with van der Waals surface area (Å²) < 4.78 is 4.70. The van der Waals surface area contributed by atoms with E-state index >= 15 is 0 Å². The second-order valence-electron chi connectivity index (χ2n) is 10.9. The van der Waals surface area contributed by atoms with E-state index in [0.29, 0.717) is 0 Å². The van der Waals surface area contributed by atoms with E-state index in [1.165, 1.54) is 48.9 Å². The molecule has 0 amide bonds. The third kappa shape index (κ3) is 2.57. The van der Waals surface area contributed by atoms with Crippen molar-refractivity contribution in [2.75, 3.05) is 0 Å². The second-order valence-corrected chi connectivity index (χ2v) is 10.9. The molecule has 6 aromatic carbocycles. The van der Waals surface area contributed by atoms with Crippen LogP contribution in [-0.2, 0) is 0 Å². The summed E-state index contributed by atoms with van der Waals surface area (Å²) in [5.41, 5.74) is 6.52. The van der Waals surface area contributed by atoms with Crippen molar-refractivity contribution in [1.29, 1.82) is 0 Å². The van der Waals surface area contributed by atoms with Gasteiger partial charge in [-0.2, -0.15) is 0 Å². The fourth-order valence-corrected chi connectivity index (χ4v) is 7.18. The summed E-state index contributed by atoms with van der Waals surface area (Å²) in [5.74, 6) is 0.871. The summed E-state index contributed by atoms with van der Waals surface area (Å²) in [7, 11) is 0. The molecule has 10 aromatic rings. The van der Waals surface area contributed by atoms with Crippen LogP contribution in [0.15, 0.2) is 115 Å². The summed E-state index contributed by atoms with van der Waals surface area (Å²) in [6.07, 6.45) is 0. The minimum absolute atomic E-state index is 0.145. The van der Waals surface area contributed by atoms with E-state index in [2.05, 4.69) is 116 Å². The van der Waals surface area contributed by atoms with Gasteiger partial charge < -0.3 is 9.25 Å². The van der Waals surface area contributed by atoms with Crippen LogP contribution < -0.4 is 0 Å². The molecule has 0 aliphatic heterocycles. The standard InChI is InChI=1S/C37H19N5/c1-38-37-39-29-15-7-4-13-24(29)36(40-37)42-32-19-22-11-3-2-10-21(22)18-26(32)28-20-27-23-12-5-8-16-30(23)41-31-17-9-6-14-25(31)33(34(27)41)35(28)42/h2-20H. The Morgan fingerprint density at radius 2 is 1.17 bits per heavy atom. The van der Waals surface area contributed by atoms with Crippen molar-refractivity contribution < 1.29 is 0 Å². The summed E-state index contributed by atoms with van der Waals surface area (Å²) in [4.78, 5) is 13.1. The molecule has 0 aliphatic rings. The molecule has 0 unspecified atom stereocenters. The molecule has 0 saturated heterocycles. The molecule has 0 fully saturated rings. The molecule has 4 aromatic heterocycles. The predicted octanol–water partition coefficient (Wildman–Crippen LogP) is 9.58. The quantitative estimate of drug-likeness (QED) is 0.197. The molecule has 0 saturated carbocycles. The predicted molar refractivity (Wildman–Crippen MR) is 172 cm³/mol. The zero-order chi connectivity index (χ0) is 27.5. The number of nitrogens with zero attached hydrogens (tertiary/aromatic N) is 5. The minimum atomic E-state index is 0.145. The highest BCUT2D eigenvalue weighted by atomic mass is 15.1. The van der Waals surface area contributed by atoms with Crippen molar-refractivity contribution in [3.63, 3.8) is 0 Å². The SMILES string of the molecule is [C-]#[N+]c1nc(-n2c3cc4ccccc4cc3c3cc4c5ccccc5n5c6ccccc6c(c32)c45)c2ccccc2n1. The Morgan fingerprint density at radius 1 is 0.524 bits per heavy atom. The first-order chi connectivity index (χ1) is 20.8. The van der Waals surface area contributed by atoms with Crippen LogP contribution in [0.5, 0.6) is 0 Å². The van der Waals surface area contributed by atoms with Crippen LogP contribution in [0.1, 0.15) is 0 Å². The monoisotopic (exact) mass is 533 g/mol. The molecule has 0 N–H and O–H groups in total. The summed E-state index contributed by atoms with van der Waals surface area (Å²) in [6.45, 7) is 7.82. The molecular formula is C37H19N5. The van der Waals surface area contributed by atoms with Crippen LogP contribution in [0.25, 0.3) is 92.2 Å². The minimum Gasteiger partial charge on any atom is -0.394 e. The van der Waals surface area contributed by atoms with Gasteiger partial charge in [-0.1, -0.05) is 72.8 Å². The molecular weight excluding hydrogens is 514 g/mol.